The van der Waals surface area contributed by atoms with Crippen LogP contribution >= 0.6 is 11.6 Å². The van der Waals surface area contributed by atoms with Gasteiger partial charge in [0, 0.05) is 11.1 Å². The summed E-state index contributed by atoms with van der Waals surface area (Å²) in [6.45, 7) is 1.78. The Hall–Kier alpha value is -3.85. The van der Waals surface area contributed by atoms with Crippen molar-refractivity contribution in [3.63, 3.8) is 0 Å². The predicted octanol–water partition coefficient (Wildman–Crippen LogP) is 2.01. The molecule has 0 spiro atoms. The molecule has 160 valence electrons. The van der Waals surface area contributed by atoms with Gasteiger partial charge in [-0.25, -0.2) is 4.79 Å². The van der Waals surface area contributed by atoms with Gasteiger partial charge in [0.25, 0.3) is 17.4 Å². The maximum atomic E-state index is 12.6. The van der Waals surface area contributed by atoms with Gasteiger partial charge in [-0.15, -0.1) is 11.6 Å². The molecule has 0 bridgehead atoms. The molecule has 2 amide bonds. The van der Waals surface area contributed by atoms with Crippen LogP contribution in [0.3, 0.4) is 0 Å². The Morgan fingerprint density at radius 3 is 2.32 bits per heavy atom. The van der Waals surface area contributed by atoms with Crippen LogP contribution in [0.1, 0.15) is 27.6 Å². The number of nitrogens with one attached hydrogen (secondary N) is 3. The Kier molecular flexibility index (Phi) is 6.88. The second-order valence-electron chi connectivity index (χ2n) is 6.27. The van der Waals surface area contributed by atoms with Crippen molar-refractivity contribution in [1.29, 1.82) is 0 Å². The number of aromatic amines is 1. The Balaban J connectivity index is 2.00. The number of carbonyl (C=O) groups excluding carboxylic acids is 3. The number of hydrogen-bond donors (Lipinski definition) is 3. The number of benzene rings is 2. The van der Waals surface area contributed by atoms with Crippen molar-refractivity contribution < 1.29 is 19.1 Å². The summed E-state index contributed by atoms with van der Waals surface area (Å²) in [6.07, 6.45) is 0. The van der Waals surface area contributed by atoms with E-state index in [0.29, 0.717) is 16.9 Å². The molecule has 0 fully saturated rings. The lowest BCUT2D eigenvalue weighted by molar-refractivity contribution is -0.119. The molecule has 0 aliphatic rings. The molecule has 0 aliphatic heterocycles. The Bertz CT molecular complexity index is 1150. The first-order valence-electron chi connectivity index (χ1n) is 9.29. The third-order valence-corrected chi connectivity index (χ3v) is 4.49. The van der Waals surface area contributed by atoms with E-state index in [1.54, 1.807) is 43.3 Å². The van der Waals surface area contributed by atoms with Crippen LogP contribution in [0.2, 0.25) is 0 Å². The summed E-state index contributed by atoms with van der Waals surface area (Å²) in [6, 6.07) is 15.1. The molecule has 3 aromatic rings. The lowest BCUT2D eigenvalue weighted by Gasteiger charge is -2.11. The molecule has 0 atom stereocenters. The summed E-state index contributed by atoms with van der Waals surface area (Å²) in [5.41, 5.74) is 5.45. The van der Waals surface area contributed by atoms with Gasteiger partial charge >= 0.3 is 5.97 Å². The van der Waals surface area contributed by atoms with Gasteiger partial charge in [-0.05, 0) is 31.2 Å². The first-order chi connectivity index (χ1) is 15.0. The van der Waals surface area contributed by atoms with Crippen LogP contribution in [0.15, 0.2) is 59.4 Å². The average Bonchev–Trinajstić information content (AvgIpc) is 3.15. The van der Waals surface area contributed by atoms with Crippen LogP contribution in [0.25, 0.3) is 16.9 Å². The zero-order chi connectivity index (χ0) is 22.4. The second-order valence-corrected chi connectivity index (χ2v) is 6.54. The maximum Gasteiger partial charge on any atom is 0.346 e. The van der Waals surface area contributed by atoms with Gasteiger partial charge in [0.15, 0.2) is 5.56 Å². The van der Waals surface area contributed by atoms with Gasteiger partial charge in [0.2, 0.25) is 0 Å². The molecule has 10 heteroatoms. The van der Waals surface area contributed by atoms with Gasteiger partial charge in [-0.3, -0.25) is 35.0 Å². The molecule has 1 heterocycles. The van der Waals surface area contributed by atoms with Crippen LogP contribution in [-0.2, 0) is 9.53 Å². The Morgan fingerprint density at radius 1 is 1.03 bits per heavy atom. The molecule has 9 nitrogen and oxygen atoms in total. The second kappa shape index (κ2) is 9.77. The first kappa shape index (κ1) is 21.8. The van der Waals surface area contributed by atoms with Crippen LogP contribution < -0.4 is 16.4 Å². The lowest BCUT2D eigenvalue weighted by Crippen LogP contribution is -2.42. The topological polar surface area (TPSA) is 122 Å². The minimum atomic E-state index is -0.729. The fraction of sp³-hybridized carbons (Fsp3) is 0.143. The largest absolute Gasteiger partial charge is 0.462 e. The van der Waals surface area contributed by atoms with E-state index in [-0.39, 0.29) is 23.6 Å². The van der Waals surface area contributed by atoms with Crippen molar-refractivity contribution in [3.05, 3.63) is 76.1 Å². The van der Waals surface area contributed by atoms with E-state index in [1.807, 2.05) is 6.07 Å². The van der Waals surface area contributed by atoms with E-state index in [1.165, 1.54) is 16.8 Å². The van der Waals surface area contributed by atoms with Gasteiger partial charge in [-0.2, -0.15) is 0 Å². The number of ether oxygens (including phenoxy) is 1. The van der Waals surface area contributed by atoms with Gasteiger partial charge in [0.05, 0.1) is 18.0 Å². The molecule has 0 unspecified atom stereocenters. The molecular weight excluding hydrogens is 424 g/mol. The average molecular weight is 443 g/mol. The molecule has 3 N–H and O–H groups in total. The molecule has 1 aromatic heterocycles. The number of carbonyl (C=O) groups is 3. The van der Waals surface area contributed by atoms with Gasteiger partial charge in [-0.1, -0.05) is 30.3 Å². The number of H-pyrrole nitrogens is 1. The van der Waals surface area contributed by atoms with Crippen LogP contribution in [0, 0.1) is 0 Å². The zero-order valence-corrected chi connectivity index (χ0v) is 17.2. The fourth-order valence-corrected chi connectivity index (χ4v) is 2.95. The first-order valence-corrected chi connectivity index (χ1v) is 9.82. The van der Waals surface area contributed by atoms with Crippen molar-refractivity contribution in [2.45, 2.75) is 6.92 Å². The van der Waals surface area contributed by atoms with Crippen LogP contribution in [0.5, 0.6) is 0 Å². The number of alkyl halides is 1. The lowest BCUT2D eigenvalue weighted by atomic mass is 10.1. The molecule has 2 aromatic carbocycles. The van der Waals surface area contributed by atoms with Crippen molar-refractivity contribution in [2.24, 2.45) is 0 Å². The molecule has 0 aliphatic carbocycles. The maximum absolute atomic E-state index is 12.6. The number of rotatable bonds is 6. The van der Waals surface area contributed by atoms with E-state index < -0.39 is 23.3 Å². The summed E-state index contributed by atoms with van der Waals surface area (Å²) in [5.74, 6) is -2.10. The number of esters is 1. The van der Waals surface area contributed by atoms with Crippen molar-refractivity contribution in [1.82, 2.24) is 20.6 Å². The minimum Gasteiger partial charge on any atom is -0.462 e. The standard InChI is InChI=1S/C21H19ClN4O5/c1-2-31-21(30)17-18(13-6-4-3-5-7-13)26(25-20(17)29)15-10-8-14(9-11-15)19(28)24-23-16(27)12-22/h3-11H,2,12H2,1H3,(H,23,27)(H,24,28)(H,25,29). The molecule has 31 heavy (non-hydrogen) atoms. The van der Waals surface area contributed by atoms with Crippen LogP contribution in [0.4, 0.5) is 0 Å². The molecule has 0 radical (unpaired) electrons. The van der Waals surface area contributed by atoms with Crippen molar-refractivity contribution in [3.8, 4) is 16.9 Å². The van der Waals surface area contributed by atoms with Crippen LogP contribution in [-0.4, -0.2) is 40.1 Å². The third kappa shape index (κ3) is 4.84. The molecular formula is C21H19ClN4O5. The van der Waals surface area contributed by atoms with Gasteiger partial charge in [0.1, 0.15) is 5.88 Å². The monoisotopic (exact) mass is 442 g/mol. The SMILES string of the molecule is CCOC(=O)c1c(-c2ccccc2)n(-c2ccc(C(=O)NNC(=O)CCl)cc2)[nH]c1=O. The Labute approximate surface area is 181 Å². The van der Waals surface area contributed by atoms with E-state index in [4.69, 9.17) is 16.3 Å². The minimum absolute atomic E-state index is 0.112. The summed E-state index contributed by atoms with van der Waals surface area (Å²) in [4.78, 5) is 48.3. The summed E-state index contributed by atoms with van der Waals surface area (Å²) >= 11 is 5.36. The number of aromatic nitrogens is 2. The van der Waals surface area contributed by atoms with Crippen molar-refractivity contribution in [2.75, 3.05) is 12.5 Å². The highest BCUT2D eigenvalue weighted by molar-refractivity contribution is 6.27. The normalized spacial score (nSPS) is 10.4. The number of hydrazine groups is 1. The Morgan fingerprint density at radius 2 is 1.71 bits per heavy atom. The number of hydrogen-bond acceptors (Lipinski definition) is 5. The summed E-state index contributed by atoms with van der Waals surface area (Å²) < 4.78 is 6.52. The zero-order valence-electron chi connectivity index (χ0n) is 16.5. The van der Waals surface area contributed by atoms with E-state index in [2.05, 4.69) is 16.0 Å². The highest BCUT2D eigenvalue weighted by Gasteiger charge is 2.24. The highest BCUT2D eigenvalue weighted by atomic mass is 35.5. The number of nitrogens with zero attached hydrogens (tertiary/aromatic N) is 1. The predicted molar refractivity (Wildman–Crippen MR) is 114 cm³/mol. The smallest absolute Gasteiger partial charge is 0.346 e. The molecule has 0 saturated heterocycles. The quantitative estimate of drug-likeness (QED) is 0.306. The molecule has 3 rings (SSSR count). The highest BCUT2D eigenvalue weighted by Crippen LogP contribution is 2.25. The van der Waals surface area contributed by atoms with E-state index in [0.717, 1.165) is 0 Å². The van der Waals surface area contributed by atoms with Gasteiger partial charge < -0.3 is 4.74 Å². The third-order valence-electron chi connectivity index (χ3n) is 4.25. The summed E-state index contributed by atoms with van der Waals surface area (Å²) in [5, 5.41) is 2.65. The fourth-order valence-electron chi connectivity index (χ4n) is 2.88. The van der Waals surface area contributed by atoms with E-state index in [9.17, 15) is 19.2 Å². The van der Waals surface area contributed by atoms with Crippen molar-refractivity contribution >= 4 is 29.4 Å². The number of amides is 2. The van der Waals surface area contributed by atoms with E-state index >= 15 is 0 Å². The number of halogens is 1. The molecule has 0 saturated carbocycles. The summed E-state index contributed by atoms with van der Waals surface area (Å²) in [7, 11) is 0.